The Morgan fingerprint density at radius 2 is 1.48 bits per heavy atom. The third kappa shape index (κ3) is 3.32. The lowest BCUT2D eigenvalue weighted by atomic mass is 9.95. The van der Waals surface area contributed by atoms with Crippen molar-refractivity contribution in [2.75, 3.05) is 7.05 Å². The van der Waals surface area contributed by atoms with Crippen molar-refractivity contribution < 1.29 is 0 Å². The van der Waals surface area contributed by atoms with E-state index in [0.717, 1.165) is 12.8 Å². The van der Waals surface area contributed by atoms with Crippen molar-refractivity contribution in [1.82, 2.24) is 5.32 Å². The van der Waals surface area contributed by atoms with Gasteiger partial charge in [-0.3, -0.25) is 0 Å². The van der Waals surface area contributed by atoms with Gasteiger partial charge in [0.1, 0.15) is 0 Å². The van der Waals surface area contributed by atoms with Crippen molar-refractivity contribution in [2.24, 2.45) is 0 Å². The Hall–Kier alpha value is -2.12. The number of rotatable bonds is 5. The monoisotopic (exact) mass is 275 g/mol. The molecule has 1 heteroatoms. The Labute approximate surface area is 126 Å². The summed E-state index contributed by atoms with van der Waals surface area (Å²) in [5, 5.41) is 6.16. The highest BCUT2D eigenvalue weighted by Gasteiger charge is 2.10. The summed E-state index contributed by atoms with van der Waals surface area (Å²) in [6.07, 6.45) is 2.10. The van der Waals surface area contributed by atoms with Gasteiger partial charge in [-0.05, 0) is 41.8 Å². The molecule has 1 atom stereocenters. The summed E-state index contributed by atoms with van der Waals surface area (Å²) in [5.41, 5.74) is 2.81. The molecular formula is C20H21N. The zero-order valence-corrected chi connectivity index (χ0v) is 12.4. The van der Waals surface area contributed by atoms with E-state index in [2.05, 4.69) is 85.2 Å². The van der Waals surface area contributed by atoms with Crippen molar-refractivity contribution in [3.05, 3.63) is 83.9 Å². The van der Waals surface area contributed by atoms with Crippen molar-refractivity contribution in [1.29, 1.82) is 0 Å². The van der Waals surface area contributed by atoms with Crippen LogP contribution >= 0.6 is 0 Å². The molecule has 0 spiro atoms. The topological polar surface area (TPSA) is 12.0 Å². The van der Waals surface area contributed by atoms with Gasteiger partial charge in [-0.2, -0.15) is 0 Å². The maximum absolute atomic E-state index is 3.46. The van der Waals surface area contributed by atoms with E-state index in [4.69, 9.17) is 0 Å². The minimum Gasteiger partial charge on any atom is -0.316 e. The molecular weight excluding hydrogens is 254 g/mol. The maximum Gasteiger partial charge on any atom is 0.0145 e. The summed E-state index contributed by atoms with van der Waals surface area (Å²) in [7, 11) is 2.05. The number of fused-ring (bicyclic) bond motifs is 1. The van der Waals surface area contributed by atoms with Crippen LogP contribution in [-0.4, -0.2) is 13.1 Å². The molecule has 0 amide bonds. The molecule has 1 unspecified atom stereocenters. The zero-order valence-electron chi connectivity index (χ0n) is 12.4. The zero-order chi connectivity index (χ0) is 14.5. The number of likely N-dealkylation sites (N-methyl/N-ethyl adjacent to an activating group) is 1. The molecule has 1 N–H and O–H groups in total. The lowest BCUT2D eigenvalue weighted by molar-refractivity contribution is 0.558. The van der Waals surface area contributed by atoms with E-state index < -0.39 is 0 Å². The fourth-order valence-corrected chi connectivity index (χ4v) is 2.91. The molecule has 1 nitrogen and oxygen atoms in total. The van der Waals surface area contributed by atoms with Gasteiger partial charge >= 0.3 is 0 Å². The first-order valence-electron chi connectivity index (χ1n) is 7.54. The third-order valence-electron chi connectivity index (χ3n) is 4.08. The van der Waals surface area contributed by atoms with Crippen LogP contribution in [0.5, 0.6) is 0 Å². The summed E-state index contributed by atoms with van der Waals surface area (Å²) < 4.78 is 0. The molecule has 0 aliphatic heterocycles. The van der Waals surface area contributed by atoms with E-state index in [0.29, 0.717) is 6.04 Å². The highest BCUT2D eigenvalue weighted by molar-refractivity contribution is 5.85. The average molecular weight is 275 g/mol. The van der Waals surface area contributed by atoms with Crippen LogP contribution in [0.1, 0.15) is 11.1 Å². The number of hydrogen-bond donors (Lipinski definition) is 1. The van der Waals surface area contributed by atoms with Crippen LogP contribution in [0.25, 0.3) is 10.8 Å². The number of nitrogens with one attached hydrogen (secondary N) is 1. The van der Waals surface area contributed by atoms with Gasteiger partial charge in [-0.15, -0.1) is 0 Å². The Morgan fingerprint density at radius 1 is 0.762 bits per heavy atom. The normalized spacial score (nSPS) is 12.4. The van der Waals surface area contributed by atoms with E-state index in [1.165, 1.54) is 21.9 Å². The SMILES string of the molecule is CNC(Cc1ccccc1)Cc1cccc2ccccc12. The molecule has 21 heavy (non-hydrogen) atoms. The molecule has 0 bridgehead atoms. The Balaban J connectivity index is 1.82. The van der Waals surface area contributed by atoms with Crippen molar-refractivity contribution in [3.8, 4) is 0 Å². The summed E-state index contributed by atoms with van der Waals surface area (Å²) in [4.78, 5) is 0. The lowest BCUT2D eigenvalue weighted by Gasteiger charge is -2.17. The van der Waals surface area contributed by atoms with Gasteiger partial charge in [-0.25, -0.2) is 0 Å². The third-order valence-corrected chi connectivity index (χ3v) is 4.08. The van der Waals surface area contributed by atoms with E-state index in [-0.39, 0.29) is 0 Å². The maximum atomic E-state index is 3.46. The summed E-state index contributed by atoms with van der Waals surface area (Å²) in [5.74, 6) is 0. The second-order valence-corrected chi connectivity index (χ2v) is 5.52. The van der Waals surface area contributed by atoms with Crippen molar-refractivity contribution >= 4 is 10.8 Å². The molecule has 3 aromatic rings. The predicted molar refractivity (Wildman–Crippen MR) is 90.6 cm³/mol. The van der Waals surface area contributed by atoms with E-state index in [9.17, 15) is 0 Å². The molecule has 106 valence electrons. The standard InChI is InChI=1S/C20H21N/c1-21-19(14-16-8-3-2-4-9-16)15-18-12-7-11-17-10-5-6-13-20(17)18/h2-13,19,21H,14-15H2,1H3. The van der Waals surface area contributed by atoms with E-state index in [1.807, 2.05) is 0 Å². The summed E-state index contributed by atoms with van der Waals surface area (Å²) in [6.45, 7) is 0. The molecule has 0 aliphatic carbocycles. The second kappa shape index (κ2) is 6.55. The minimum absolute atomic E-state index is 0.457. The van der Waals surface area contributed by atoms with Gasteiger partial charge < -0.3 is 5.32 Å². The second-order valence-electron chi connectivity index (χ2n) is 5.52. The molecule has 0 saturated heterocycles. The van der Waals surface area contributed by atoms with Gasteiger partial charge in [0.25, 0.3) is 0 Å². The summed E-state index contributed by atoms with van der Waals surface area (Å²) in [6, 6.07) is 26.4. The van der Waals surface area contributed by atoms with Gasteiger partial charge in [0, 0.05) is 6.04 Å². The van der Waals surface area contributed by atoms with E-state index >= 15 is 0 Å². The fraction of sp³-hybridized carbons (Fsp3) is 0.200. The molecule has 3 aromatic carbocycles. The number of hydrogen-bond acceptors (Lipinski definition) is 1. The Kier molecular flexibility index (Phi) is 4.32. The molecule has 0 aliphatic rings. The largest absolute Gasteiger partial charge is 0.316 e. The number of benzene rings is 3. The first-order valence-corrected chi connectivity index (χ1v) is 7.54. The van der Waals surface area contributed by atoms with Gasteiger partial charge in [0.2, 0.25) is 0 Å². The molecule has 0 saturated carbocycles. The van der Waals surface area contributed by atoms with Crippen LogP contribution in [0, 0.1) is 0 Å². The van der Waals surface area contributed by atoms with Crippen LogP contribution in [-0.2, 0) is 12.8 Å². The van der Waals surface area contributed by atoms with Crippen molar-refractivity contribution in [3.63, 3.8) is 0 Å². The molecule has 0 heterocycles. The van der Waals surface area contributed by atoms with Crippen LogP contribution in [0.4, 0.5) is 0 Å². The van der Waals surface area contributed by atoms with Crippen LogP contribution < -0.4 is 5.32 Å². The predicted octanol–water partition coefficient (Wildman–Crippen LogP) is 4.21. The first-order chi connectivity index (χ1) is 10.4. The molecule has 0 radical (unpaired) electrons. The van der Waals surface area contributed by atoms with Gasteiger partial charge in [0.15, 0.2) is 0 Å². The quantitative estimate of drug-likeness (QED) is 0.735. The smallest absolute Gasteiger partial charge is 0.0145 e. The summed E-state index contributed by atoms with van der Waals surface area (Å²) >= 11 is 0. The van der Waals surface area contributed by atoms with Crippen LogP contribution in [0.3, 0.4) is 0 Å². The highest BCUT2D eigenvalue weighted by Crippen LogP contribution is 2.20. The van der Waals surface area contributed by atoms with Gasteiger partial charge in [0.05, 0.1) is 0 Å². The molecule has 3 rings (SSSR count). The Bertz CT molecular complexity index is 698. The highest BCUT2D eigenvalue weighted by atomic mass is 14.9. The fourth-order valence-electron chi connectivity index (χ4n) is 2.91. The first kappa shape index (κ1) is 13.8. The van der Waals surface area contributed by atoms with Crippen LogP contribution in [0.2, 0.25) is 0 Å². The minimum atomic E-state index is 0.457. The lowest BCUT2D eigenvalue weighted by Crippen LogP contribution is -2.29. The van der Waals surface area contributed by atoms with Crippen molar-refractivity contribution in [2.45, 2.75) is 18.9 Å². The molecule has 0 fully saturated rings. The molecule has 0 aromatic heterocycles. The Morgan fingerprint density at radius 3 is 2.29 bits per heavy atom. The average Bonchev–Trinajstić information content (AvgIpc) is 2.55. The van der Waals surface area contributed by atoms with E-state index in [1.54, 1.807) is 0 Å². The van der Waals surface area contributed by atoms with Gasteiger partial charge in [-0.1, -0.05) is 72.8 Å². The van der Waals surface area contributed by atoms with Crippen LogP contribution in [0.15, 0.2) is 72.8 Å².